The van der Waals surface area contributed by atoms with Crippen molar-refractivity contribution in [1.29, 1.82) is 0 Å². The Balaban J connectivity index is 1.51. The summed E-state index contributed by atoms with van der Waals surface area (Å²) in [6.07, 6.45) is 10.2. The fourth-order valence-corrected chi connectivity index (χ4v) is 3.16. The maximum atomic E-state index is 12.3. The third-order valence-corrected chi connectivity index (χ3v) is 4.30. The number of likely N-dealkylation sites (tertiary alicyclic amines) is 1. The number of carbonyl (C=O) groups is 1. The summed E-state index contributed by atoms with van der Waals surface area (Å²) < 4.78 is 5.94. The Labute approximate surface area is 125 Å². The van der Waals surface area contributed by atoms with Crippen LogP contribution in [0.4, 0.5) is 4.79 Å². The van der Waals surface area contributed by atoms with Gasteiger partial charge in [0.05, 0.1) is 6.54 Å². The largest absolute Gasteiger partial charge is 0.488 e. The number of amides is 2. The van der Waals surface area contributed by atoms with E-state index < -0.39 is 0 Å². The van der Waals surface area contributed by atoms with Crippen molar-refractivity contribution in [3.05, 3.63) is 24.5 Å². The molecule has 1 aromatic rings. The predicted molar refractivity (Wildman–Crippen MR) is 80.2 cm³/mol. The molecule has 0 radical (unpaired) electrons. The molecule has 0 aromatic carbocycles. The standard InChI is InChI=1S/C16H23N3O2/c20-16(18-13-4-1-2-5-13)19-11-3-6-15(12-19)21-14-7-9-17-10-8-14/h7-10,13,15H,1-6,11-12H2,(H,18,20)/t15-/m1/s1. The lowest BCUT2D eigenvalue weighted by atomic mass is 10.1. The van der Waals surface area contributed by atoms with Crippen LogP contribution in [-0.2, 0) is 0 Å². The summed E-state index contributed by atoms with van der Waals surface area (Å²) in [5.74, 6) is 0.827. The number of nitrogens with zero attached hydrogens (tertiary/aromatic N) is 2. The molecule has 0 bridgehead atoms. The van der Waals surface area contributed by atoms with Crippen LogP contribution in [0.3, 0.4) is 0 Å². The van der Waals surface area contributed by atoms with E-state index in [4.69, 9.17) is 4.74 Å². The van der Waals surface area contributed by atoms with Gasteiger partial charge in [-0.15, -0.1) is 0 Å². The molecule has 5 heteroatoms. The molecule has 1 aromatic heterocycles. The van der Waals surface area contributed by atoms with Gasteiger partial charge >= 0.3 is 6.03 Å². The van der Waals surface area contributed by atoms with E-state index >= 15 is 0 Å². The summed E-state index contributed by atoms with van der Waals surface area (Å²) >= 11 is 0. The fraction of sp³-hybridized carbons (Fsp3) is 0.625. The van der Waals surface area contributed by atoms with Crippen LogP contribution in [0.2, 0.25) is 0 Å². The molecule has 1 saturated heterocycles. The van der Waals surface area contributed by atoms with E-state index in [1.165, 1.54) is 12.8 Å². The highest BCUT2D eigenvalue weighted by molar-refractivity contribution is 5.74. The highest BCUT2D eigenvalue weighted by atomic mass is 16.5. The maximum Gasteiger partial charge on any atom is 0.317 e. The van der Waals surface area contributed by atoms with E-state index in [2.05, 4.69) is 10.3 Å². The smallest absolute Gasteiger partial charge is 0.317 e. The van der Waals surface area contributed by atoms with Crippen LogP contribution in [0.5, 0.6) is 5.75 Å². The SMILES string of the molecule is O=C(NC1CCCC1)N1CCC[C@@H](Oc2ccncc2)C1. The van der Waals surface area contributed by atoms with Crippen molar-refractivity contribution in [2.45, 2.75) is 50.7 Å². The van der Waals surface area contributed by atoms with Crippen molar-refractivity contribution < 1.29 is 9.53 Å². The quantitative estimate of drug-likeness (QED) is 0.930. The molecular weight excluding hydrogens is 266 g/mol. The van der Waals surface area contributed by atoms with E-state index in [1.807, 2.05) is 17.0 Å². The molecule has 1 saturated carbocycles. The molecule has 5 nitrogen and oxygen atoms in total. The van der Waals surface area contributed by atoms with Crippen molar-refractivity contribution in [2.75, 3.05) is 13.1 Å². The molecule has 3 rings (SSSR count). The zero-order valence-electron chi connectivity index (χ0n) is 12.3. The Morgan fingerprint density at radius 2 is 1.95 bits per heavy atom. The summed E-state index contributed by atoms with van der Waals surface area (Å²) in [6, 6.07) is 4.17. The minimum absolute atomic E-state index is 0.0740. The molecule has 2 amide bonds. The van der Waals surface area contributed by atoms with Gasteiger partial charge < -0.3 is 15.0 Å². The zero-order chi connectivity index (χ0) is 14.5. The zero-order valence-corrected chi connectivity index (χ0v) is 12.3. The Morgan fingerprint density at radius 3 is 2.71 bits per heavy atom. The second kappa shape index (κ2) is 6.78. The lowest BCUT2D eigenvalue weighted by Gasteiger charge is -2.33. The summed E-state index contributed by atoms with van der Waals surface area (Å²) in [4.78, 5) is 18.2. The van der Waals surface area contributed by atoms with E-state index in [0.29, 0.717) is 12.6 Å². The van der Waals surface area contributed by atoms with Gasteiger partial charge in [0.2, 0.25) is 0 Å². The Morgan fingerprint density at radius 1 is 1.19 bits per heavy atom. The third-order valence-electron chi connectivity index (χ3n) is 4.30. The number of aromatic nitrogens is 1. The van der Waals surface area contributed by atoms with E-state index in [1.54, 1.807) is 12.4 Å². The topological polar surface area (TPSA) is 54.5 Å². The molecule has 2 heterocycles. The summed E-state index contributed by atoms with van der Waals surface area (Å²) in [7, 11) is 0. The minimum Gasteiger partial charge on any atom is -0.488 e. The van der Waals surface area contributed by atoms with Crippen LogP contribution in [0, 0.1) is 0 Å². The monoisotopic (exact) mass is 289 g/mol. The number of urea groups is 1. The second-order valence-electron chi connectivity index (χ2n) is 5.94. The molecule has 0 spiro atoms. The molecule has 2 aliphatic rings. The fourth-order valence-electron chi connectivity index (χ4n) is 3.16. The number of ether oxygens (including phenoxy) is 1. The van der Waals surface area contributed by atoms with Gasteiger partial charge in [0.1, 0.15) is 11.9 Å². The van der Waals surface area contributed by atoms with Crippen LogP contribution in [0.1, 0.15) is 38.5 Å². The first kappa shape index (κ1) is 14.2. The lowest BCUT2D eigenvalue weighted by Crippen LogP contribution is -2.50. The number of pyridine rings is 1. The van der Waals surface area contributed by atoms with Crippen molar-refractivity contribution in [3.63, 3.8) is 0 Å². The minimum atomic E-state index is 0.0740. The lowest BCUT2D eigenvalue weighted by molar-refractivity contribution is 0.100. The first-order valence-electron chi connectivity index (χ1n) is 7.93. The molecule has 1 N–H and O–H groups in total. The molecule has 2 fully saturated rings. The van der Waals surface area contributed by atoms with Crippen molar-refractivity contribution in [2.24, 2.45) is 0 Å². The predicted octanol–water partition coefficient (Wildman–Crippen LogP) is 2.58. The average Bonchev–Trinajstić information content (AvgIpc) is 3.01. The first-order valence-corrected chi connectivity index (χ1v) is 7.93. The normalized spacial score (nSPS) is 23.0. The second-order valence-corrected chi connectivity index (χ2v) is 5.94. The summed E-state index contributed by atoms with van der Waals surface area (Å²) in [5, 5.41) is 3.15. The van der Waals surface area contributed by atoms with Crippen molar-refractivity contribution in [1.82, 2.24) is 15.2 Å². The first-order chi connectivity index (χ1) is 10.3. The summed E-state index contributed by atoms with van der Waals surface area (Å²) in [6.45, 7) is 1.50. The average molecular weight is 289 g/mol. The third kappa shape index (κ3) is 3.86. The Hall–Kier alpha value is -1.78. The van der Waals surface area contributed by atoms with Gasteiger partial charge in [0, 0.05) is 25.0 Å². The number of carbonyl (C=O) groups excluding carboxylic acids is 1. The van der Waals surface area contributed by atoms with Gasteiger partial charge in [-0.2, -0.15) is 0 Å². The summed E-state index contributed by atoms with van der Waals surface area (Å²) in [5.41, 5.74) is 0. The van der Waals surface area contributed by atoms with Crippen LogP contribution in [-0.4, -0.2) is 41.2 Å². The van der Waals surface area contributed by atoms with E-state index in [-0.39, 0.29) is 12.1 Å². The molecule has 21 heavy (non-hydrogen) atoms. The number of hydrogen-bond donors (Lipinski definition) is 1. The van der Waals surface area contributed by atoms with Crippen molar-refractivity contribution in [3.8, 4) is 5.75 Å². The number of nitrogens with one attached hydrogen (secondary N) is 1. The molecule has 114 valence electrons. The molecule has 1 aliphatic heterocycles. The van der Waals surface area contributed by atoms with Gasteiger partial charge in [-0.3, -0.25) is 4.98 Å². The molecule has 1 aliphatic carbocycles. The molecular formula is C16H23N3O2. The van der Waals surface area contributed by atoms with Crippen LogP contribution < -0.4 is 10.1 Å². The number of hydrogen-bond acceptors (Lipinski definition) is 3. The number of rotatable bonds is 3. The molecule has 0 unspecified atom stereocenters. The highest BCUT2D eigenvalue weighted by Crippen LogP contribution is 2.20. The van der Waals surface area contributed by atoms with Crippen molar-refractivity contribution >= 4 is 6.03 Å². The molecule has 1 atom stereocenters. The van der Waals surface area contributed by atoms with E-state index in [0.717, 1.165) is 38.0 Å². The van der Waals surface area contributed by atoms with Crippen LogP contribution >= 0.6 is 0 Å². The van der Waals surface area contributed by atoms with Gasteiger partial charge in [-0.1, -0.05) is 12.8 Å². The number of piperidine rings is 1. The van der Waals surface area contributed by atoms with Gasteiger partial charge in [0.25, 0.3) is 0 Å². The van der Waals surface area contributed by atoms with E-state index in [9.17, 15) is 4.79 Å². The maximum absolute atomic E-state index is 12.3. The highest BCUT2D eigenvalue weighted by Gasteiger charge is 2.27. The van der Waals surface area contributed by atoms with Crippen LogP contribution in [0.15, 0.2) is 24.5 Å². The Bertz CT molecular complexity index is 460. The Kier molecular flexibility index (Phi) is 4.58. The van der Waals surface area contributed by atoms with Gasteiger partial charge in [0.15, 0.2) is 0 Å². The van der Waals surface area contributed by atoms with Gasteiger partial charge in [-0.25, -0.2) is 4.79 Å². The van der Waals surface area contributed by atoms with Gasteiger partial charge in [-0.05, 0) is 37.8 Å². The van der Waals surface area contributed by atoms with Crippen LogP contribution in [0.25, 0.3) is 0 Å².